The van der Waals surface area contributed by atoms with E-state index in [0.717, 1.165) is 6.07 Å². The zero-order valence-corrected chi connectivity index (χ0v) is 13.4. The zero-order valence-electron chi connectivity index (χ0n) is 12.6. The number of amides is 1. The largest absolute Gasteiger partial charge is 0.315 e. The molecule has 1 amide bonds. The van der Waals surface area contributed by atoms with Crippen molar-refractivity contribution in [3.05, 3.63) is 58.1 Å². The second kappa shape index (κ2) is 5.60. The minimum absolute atomic E-state index is 0.0799. The first-order chi connectivity index (χ1) is 11.3. The van der Waals surface area contributed by atoms with Crippen LogP contribution in [0.1, 0.15) is 5.56 Å². The van der Waals surface area contributed by atoms with Crippen molar-refractivity contribution in [1.82, 2.24) is 0 Å². The number of nitrogens with zero attached hydrogens (tertiary/aromatic N) is 2. The number of likely N-dealkylation sites (N-methyl/N-ethyl adjacent to an activating group) is 1. The molecule has 0 aliphatic carbocycles. The Balaban J connectivity index is 1.96. The molecule has 1 aliphatic heterocycles. The van der Waals surface area contributed by atoms with E-state index in [1.165, 1.54) is 29.2 Å². The van der Waals surface area contributed by atoms with Crippen molar-refractivity contribution in [3.8, 4) is 0 Å². The number of benzene rings is 2. The maximum absolute atomic E-state index is 12.5. The highest BCUT2D eigenvalue weighted by molar-refractivity contribution is 7.92. The molecule has 124 valence electrons. The van der Waals surface area contributed by atoms with Gasteiger partial charge in [-0.1, -0.05) is 12.1 Å². The molecule has 0 atom stereocenters. The van der Waals surface area contributed by atoms with Gasteiger partial charge in [-0.2, -0.15) is 0 Å². The molecule has 0 saturated carbocycles. The van der Waals surface area contributed by atoms with Crippen LogP contribution in [0.5, 0.6) is 0 Å². The lowest BCUT2D eigenvalue weighted by Gasteiger charge is -2.12. The highest BCUT2D eigenvalue weighted by atomic mass is 32.2. The molecular formula is C15H13N3O5S. The van der Waals surface area contributed by atoms with Gasteiger partial charge in [0, 0.05) is 24.5 Å². The summed E-state index contributed by atoms with van der Waals surface area (Å²) in [5.74, 6) is -0.0799. The summed E-state index contributed by atoms with van der Waals surface area (Å²) in [6, 6.07) is 9.82. The van der Waals surface area contributed by atoms with Crippen LogP contribution in [0.25, 0.3) is 0 Å². The number of rotatable bonds is 4. The van der Waals surface area contributed by atoms with Crippen LogP contribution in [-0.2, 0) is 21.2 Å². The number of nitrogens with one attached hydrogen (secondary N) is 1. The Labute approximate surface area is 137 Å². The first kappa shape index (κ1) is 15.9. The number of carbonyl (C=O) groups is 1. The first-order valence-electron chi connectivity index (χ1n) is 6.95. The van der Waals surface area contributed by atoms with Crippen LogP contribution < -0.4 is 9.62 Å². The predicted molar refractivity (Wildman–Crippen MR) is 87.5 cm³/mol. The molecule has 0 aromatic heterocycles. The molecule has 2 aromatic carbocycles. The van der Waals surface area contributed by atoms with Gasteiger partial charge in [0.05, 0.1) is 11.3 Å². The minimum atomic E-state index is -4.12. The third-order valence-corrected chi connectivity index (χ3v) is 5.19. The van der Waals surface area contributed by atoms with Gasteiger partial charge in [-0.3, -0.25) is 19.6 Å². The summed E-state index contributed by atoms with van der Waals surface area (Å²) in [5, 5.41) is 11.0. The number of carbonyl (C=O) groups excluding carboxylic acids is 1. The summed E-state index contributed by atoms with van der Waals surface area (Å²) in [6.07, 6.45) is 0.187. The molecule has 0 saturated heterocycles. The van der Waals surface area contributed by atoms with Crippen LogP contribution in [0.15, 0.2) is 47.4 Å². The summed E-state index contributed by atoms with van der Waals surface area (Å²) in [5.41, 5.74) is 1.16. The molecular weight excluding hydrogens is 334 g/mol. The average molecular weight is 347 g/mol. The Kier molecular flexibility index (Phi) is 3.72. The summed E-state index contributed by atoms with van der Waals surface area (Å²) in [6.45, 7) is 0. The molecule has 0 unspecified atom stereocenters. The van der Waals surface area contributed by atoms with Gasteiger partial charge in [0.15, 0.2) is 4.90 Å². The highest BCUT2D eigenvalue weighted by Crippen LogP contribution is 2.31. The Hall–Kier alpha value is -2.94. The fraction of sp³-hybridized carbons (Fsp3) is 0.133. The lowest BCUT2D eigenvalue weighted by molar-refractivity contribution is -0.387. The number of hydrogen-bond acceptors (Lipinski definition) is 5. The number of nitro groups is 1. The van der Waals surface area contributed by atoms with E-state index in [2.05, 4.69) is 4.72 Å². The van der Waals surface area contributed by atoms with E-state index < -0.39 is 25.5 Å². The number of anilines is 2. The second-order valence-corrected chi connectivity index (χ2v) is 6.95. The van der Waals surface area contributed by atoms with Crippen LogP contribution >= 0.6 is 0 Å². The van der Waals surface area contributed by atoms with Crippen molar-refractivity contribution in [3.63, 3.8) is 0 Å². The molecule has 0 radical (unpaired) electrons. The maximum Gasteiger partial charge on any atom is 0.289 e. The van der Waals surface area contributed by atoms with Crippen LogP contribution in [-0.4, -0.2) is 26.3 Å². The van der Waals surface area contributed by atoms with E-state index in [9.17, 15) is 23.3 Å². The number of nitro benzene ring substituents is 1. The lowest BCUT2D eigenvalue weighted by Crippen LogP contribution is -2.20. The minimum Gasteiger partial charge on any atom is -0.315 e. The Morgan fingerprint density at radius 3 is 2.62 bits per heavy atom. The van der Waals surface area contributed by atoms with Crippen molar-refractivity contribution in [2.45, 2.75) is 11.3 Å². The molecule has 3 rings (SSSR count). The quantitative estimate of drug-likeness (QED) is 0.671. The summed E-state index contributed by atoms with van der Waals surface area (Å²) in [7, 11) is -2.48. The van der Waals surface area contributed by atoms with Crippen molar-refractivity contribution in [1.29, 1.82) is 0 Å². The monoisotopic (exact) mass is 347 g/mol. The highest BCUT2D eigenvalue weighted by Gasteiger charge is 2.27. The average Bonchev–Trinajstić information content (AvgIpc) is 2.81. The Bertz CT molecular complexity index is 955. The van der Waals surface area contributed by atoms with Gasteiger partial charge in [-0.05, 0) is 29.8 Å². The smallest absolute Gasteiger partial charge is 0.289 e. The van der Waals surface area contributed by atoms with Gasteiger partial charge in [0.25, 0.3) is 15.7 Å². The first-order valence-corrected chi connectivity index (χ1v) is 8.43. The molecule has 1 aliphatic rings. The molecule has 2 aromatic rings. The molecule has 0 spiro atoms. The van der Waals surface area contributed by atoms with Gasteiger partial charge in [0.2, 0.25) is 5.91 Å². The Morgan fingerprint density at radius 2 is 1.92 bits per heavy atom. The summed E-state index contributed by atoms with van der Waals surface area (Å²) < 4.78 is 27.3. The van der Waals surface area contributed by atoms with Crippen molar-refractivity contribution in [2.24, 2.45) is 0 Å². The van der Waals surface area contributed by atoms with E-state index in [4.69, 9.17) is 0 Å². The molecule has 0 fully saturated rings. The molecule has 24 heavy (non-hydrogen) atoms. The fourth-order valence-corrected chi connectivity index (χ4v) is 3.80. The number of sulfonamides is 1. The van der Waals surface area contributed by atoms with E-state index in [-0.39, 0.29) is 18.0 Å². The number of fused-ring (bicyclic) bond motifs is 1. The summed E-state index contributed by atoms with van der Waals surface area (Å²) >= 11 is 0. The summed E-state index contributed by atoms with van der Waals surface area (Å²) in [4.78, 5) is 23.0. The van der Waals surface area contributed by atoms with Gasteiger partial charge >= 0.3 is 0 Å². The number of para-hydroxylation sites is 1. The van der Waals surface area contributed by atoms with Crippen molar-refractivity contribution < 1.29 is 18.1 Å². The maximum atomic E-state index is 12.5. The molecule has 1 N–H and O–H groups in total. The SMILES string of the molecule is CN1C(=O)Cc2cc(NS(=O)(=O)c3ccccc3[N+](=O)[O-])ccc21. The Morgan fingerprint density at radius 1 is 1.21 bits per heavy atom. The van der Waals surface area contributed by atoms with Gasteiger partial charge in [-0.15, -0.1) is 0 Å². The molecule has 8 nitrogen and oxygen atoms in total. The fourth-order valence-electron chi connectivity index (χ4n) is 2.58. The van der Waals surface area contributed by atoms with Crippen molar-refractivity contribution in [2.75, 3.05) is 16.7 Å². The van der Waals surface area contributed by atoms with Crippen LogP contribution in [0.4, 0.5) is 17.1 Å². The van der Waals surface area contributed by atoms with E-state index in [0.29, 0.717) is 11.3 Å². The second-order valence-electron chi connectivity index (χ2n) is 5.30. The lowest BCUT2D eigenvalue weighted by atomic mass is 10.1. The molecule has 9 heteroatoms. The van der Waals surface area contributed by atoms with Crippen molar-refractivity contribution >= 4 is 33.0 Å². The standard InChI is InChI=1S/C15H13N3O5S/c1-17-12-7-6-11(8-10(12)9-15(17)19)16-24(22,23)14-5-3-2-4-13(14)18(20)21/h2-8,16H,9H2,1H3. The van der Waals surface area contributed by atoms with Crippen LogP contribution in [0.3, 0.4) is 0 Å². The zero-order chi connectivity index (χ0) is 17.5. The third-order valence-electron chi connectivity index (χ3n) is 3.76. The van der Waals surface area contributed by atoms with Gasteiger partial charge in [-0.25, -0.2) is 8.42 Å². The van der Waals surface area contributed by atoms with Crippen LogP contribution in [0.2, 0.25) is 0 Å². The topological polar surface area (TPSA) is 110 Å². The predicted octanol–water partition coefficient (Wildman–Crippen LogP) is 1.91. The molecule has 1 heterocycles. The van der Waals surface area contributed by atoms with E-state index in [1.54, 1.807) is 19.2 Å². The van der Waals surface area contributed by atoms with Gasteiger partial charge in [0.1, 0.15) is 0 Å². The van der Waals surface area contributed by atoms with Gasteiger partial charge < -0.3 is 4.90 Å². The van der Waals surface area contributed by atoms with Crippen LogP contribution in [0, 0.1) is 10.1 Å². The van der Waals surface area contributed by atoms with E-state index in [1.807, 2.05) is 0 Å². The van der Waals surface area contributed by atoms with E-state index >= 15 is 0 Å². The number of hydrogen-bond donors (Lipinski definition) is 1. The molecule has 0 bridgehead atoms. The normalized spacial score (nSPS) is 13.7. The third kappa shape index (κ3) is 2.69.